The van der Waals surface area contributed by atoms with Crippen LogP contribution in [-0.4, -0.2) is 17.9 Å². The number of hydrogen-bond donors (Lipinski definition) is 2. The number of amides is 2. The minimum Gasteiger partial charge on any atom is -0.366 e. The summed E-state index contributed by atoms with van der Waals surface area (Å²) in [7, 11) is 0. The van der Waals surface area contributed by atoms with Crippen molar-refractivity contribution in [1.29, 1.82) is 0 Å². The first-order chi connectivity index (χ1) is 11.5. The zero-order valence-corrected chi connectivity index (χ0v) is 13.5. The number of hydrogen-bond acceptors (Lipinski definition) is 2. The van der Waals surface area contributed by atoms with Gasteiger partial charge in [0.25, 0.3) is 11.8 Å². The highest BCUT2D eigenvalue weighted by atomic mass is 19.1. The monoisotopic (exact) mass is 328 g/mol. The van der Waals surface area contributed by atoms with Gasteiger partial charge in [0.2, 0.25) is 0 Å². The molecule has 0 bridgehead atoms. The van der Waals surface area contributed by atoms with Crippen LogP contribution in [0.15, 0.2) is 54.6 Å². The van der Waals surface area contributed by atoms with Crippen molar-refractivity contribution in [2.45, 2.75) is 25.8 Å². The van der Waals surface area contributed by atoms with E-state index in [0.29, 0.717) is 12.0 Å². The van der Waals surface area contributed by atoms with Crippen molar-refractivity contribution in [3.8, 4) is 0 Å². The van der Waals surface area contributed by atoms with Gasteiger partial charge >= 0.3 is 0 Å². The third kappa shape index (κ3) is 5.19. The maximum atomic E-state index is 12.5. The minimum absolute atomic E-state index is 0.0463. The second kappa shape index (κ2) is 8.24. The average molecular weight is 328 g/mol. The molecule has 2 amide bonds. The highest BCUT2D eigenvalue weighted by Crippen LogP contribution is 2.32. The number of nitrogens with two attached hydrogens (primary N) is 1. The van der Waals surface area contributed by atoms with Crippen molar-refractivity contribution in [3.05, 3.63) is 71.5 Å². The number of primary amides is 1. The van der Waals surface area contributed by atoms with Crippen LogP contribution in [0.3, 0.4) is 0 Å². The summed E-state index contributed by atoms with van der Waals surface area (Å²) in [4.78, 5) is 22.1. The van der Waals surface area contributed by atoms with E-state index < -0.39 is 11.7 Å². The molecule has 3 rings (SSSR count). The van der Waals surface area contributed by atoms with E-state index in [1.807, 2.05) is 30.3 Å². The van der Waals surface area contributed by atoms with Crippen LogP contribution in [-0.2, 0) is 0 Å². The summed E-state index contributed by atoms with van der Waals surface area (Å²) in [5, 5.41) is 3.02. The van der Waals surface area contributed by atoms with Gasteiger partial charge in [-0.3, -0.25) is 9.59 Å². The molecular formula is C19H21FN2O2. The fourth-order valence-corrected chi connectivity index (χ4v) is 2.25. The second-order valence-electron chi connectivity index (χ2n) is 5.81. The molecule has 2 aromatic rings. The Kier molecular flexibility index (Phi) is 6.07. The lowest BCUT2D eigenvalue weighted by Gasteiger charge is -2.12. The molecule has 0 aromatic heterocycles. The molecule has 1 unspecified atom stereocenters. The van der Waals surface area contributed by atoms with Gasteiger partial charge in [-0.25, -0.2) is 4.39 Å². The van der Waals surface area contributed by atoms with Crippen LogP contribution in [0.5, 0.6) is 0 Å². The summed E-state index contributed by atoms with van der Waals surface area (Å²) in [6, 6.07) is 15.3. The van der Waals surface area contributed by atoms with Crippen LogP contribution in [0.2, 0.25) is 0 Å². The van der Waals surface area contributed by atoms with Crippen LogP contribution in [0.4, 0.5) is 4.39 Å². The molecular weight excluding hydrogens is 307 g/mol. The molecule has 126 valence electrons. The van der Waals surface area contributed by atoms with E-state index >= 15 is 0 Å². The number of carbonyl (C=O) groups excluding carboxylic acids is 2. The molecule has 0 heterocycles. The summed E-state index contributed by atoms with van der Waals surface area (Å²) < 4.78 is 12.5. The van der Waals surface area contributed by atoms with E-state index in [0.717, 1.165) is 5.56 Å². The highest BCUT2D eigenvalue weighted by Gasteiger charge is 2.28. The largest absolute Gasteiger partial charge is 0.366 e. The van der Waals surface area contributed by atoms with Gasteiger partial charge in [0.15, 0.2) is 0 Å². The van der Waals surface area contributed by atoms with Crippen molar-refractivity contribution < 1.29 is 14.0 Å². The van der Waals surface area contributed by atoms with E-state index in [1.54, 1.807) is 6.07 Å². The van der Waals surface area contributed by atoms with E-state index in [4.69, 9.17) is 5.73 Å². The quantitative estimate of drug-likeness (QED) is 0.905. The zero-order valence-electron chi connectivity index (χ0n) is 13.5. The van der Waals surface area contributed by atoms with Gasteiger partial charge in [-0.2, -0.15) is 0 Å². The fourth-order valence-electron chi connectivity index (χ4n) is 2.25. The standard InChI is InChI=1S/C12H15NO.C7H6FNO/c1-9(10-7-8-10)13-12(14)11-5-3-2-4-6-11;8-6-4-2-1-3-5(6)7(9)10/h2-6,9-10H,7-8H2,1H3,(H,13,14);1-4H,(H2,9,10). The molecule has 1 atom stereocenters. The Balaban J connectivity index is 0.000000185. The molecule has 0 spiro atoms. The molecule has 1 saturated carbocycles. The Hall–Kier alpha value is -2.69. The number of benzene rings is 2. The third-order valence-electron chi connectivity index (χ3n) is 3.86. The SMILES string of the molecule is CC(NC(=O)c1ccccc1)C1CC1.NC(=O)c1ccccc1F. The number of rotatable bonds is 4. The van der Waals surface area contributed by atoms with Gasteiger partial charge in [-0.15, -0.1) is 0 Å². The van der Waals surface area contributed by atoms with Crippen molar-refractivity contribution in [2.75, 3.05) is 0 Å². The van der Waals surface area contributed by atoms with Crippen molar-refractivity contribution in [3.63, 3.8) is 0 Å². The molecule has 1 aliphatic rings. The molecule has 0 saturated heterocycles. The van der Waals surface area contributed by atoms with E-state index in [9.17, 15) is 14.0 Å². The Labute approximate surface area is 140 Å². The molecule has 1 aliphatic carbocycles. The molecule has 1 fully saturated rings. The predicted octanol–water partition coefficient (Wildman–Crippen LogP) is 3.14. The topological polar surface area (TPSA) is 72.2 Å². The Morgan fingerprint density at radius 2 is 1.67 bits per heavy atom. The van der Waals surface area contributed by atoms with Crippen LogP contribution in [0, 0.1) is 11.7 Å². The first-order valence-electron chi connectivity index (χ1n) is 7.89. The van der Waals surface area contributed by atoms with Gasteiger partial charge in [0.1, 0.15) is 5.82 Å². The van der Waals surface area contributed by atoms with E-state index in [2.05, 4.69) is 12.2 Å². The van der Waals surface area contributed by atoms with E-state index in [-0.39, 0.29) is 11.5 Å². The van der Waals surface area contributed by atoms with Crippen molar-refractivity contribution in [2.24, 2.45) is 11.7 Å². The Morgan fingerprint density at radius 1 is 1.08 bits per heavy atom. The highest BCUT2D eigenvalue weighted by molar-refractivity contribution is 5.94. The molecule has 3 N–H and O–H groups in total. The van der Waals surface area contributed by atoms with Gasteiger partial charge in [0.05, 0.1) is 5.56 Å². The number of nitrogens with one attached hydrogen (secondary N) is 1. The maximum absolute atomic E-state index is 12.5. The lowest BCUT2D eigenvalue weighted by Crippen LogP contribution is -2.33. The second-order valence-corrected chi connectivity index (χ2v) is 5.81. The minimum atomic E-state index is -0.738. The first kappa shape index (κ1) is 17.7. The lowest BCUT2D eigenvalue weighted by atomic mass is 10.1. The van der Waals surface area contributed by atoms with Crippen molar-refractivity contribution in [1.82, 2.24) is 5.32 Å². The number of halogens is 1. The van der Waals surface area contributed by atoms with Gasteiger partial charge in [0, 0.05) is 11.6 Å². The number of carbonyl (C=O) groups is 2. The normalized spacial score (nSPS) is 14.1. The summed E-state index contributed by atoms with van der Waals surface area (Å²) in [6.45, 7) is 2.08. The summed E-state index contributed by atoms with van der Waals surface area (Å²) in [6.07, 6.45) is 2.52. The van der Waals surface area contributed by atoms with Crippen LogP contribution in [0.25, 0.3) is 0 Å². The van der Waals surface area contributed by atoms with Gasteiger partial charge < -0.3 is 11.1 Å². The summed E-state index contributed by atoms with van der Waals surface area (Å²) in [5.41, 5.74) is 5.52. The van der Waals surface area contributed by atoms with Crippen molar-refractivity contribution >= 4 is 11.8 Å². The first-order valence-corrected chi connectivity index (χ1v) is 7.89. The maximum Gasteiger partial charge on any atom is 0.251 e. The molecule has 5 heteroatoms. The van der Waals surface area contributed by atoms with Gasteiger partial charge in [-0.05, 0) is 49.9 Å². The third-order valence-corrected chi connectivity index (χ3v) is 3.86. The molecule has 2 aromatic carbocycles. The zero-order chi connectivity index (χ0) is 17.5. The molecule has 4 nitrogen and oxygen atoms in total. The summed E-state index contributed by atoms with van der Waals surface area (Å²) >= 11 is 0. The Morgan fingerprint density at radius 3 is 2.17 bits per heavy atom. The van der Waals surface area contributed by atoms with Gasteiger partial charge in [-0.1, -0.05) is 30.3 Å². The van der Waals surface area contributed by atoms with E-state index in [1.165, 1.54) is 31.0 Å². The molecule has 24 heavy (non-hydrogen) atoms. The molecule has 0 aliphatic heterocycles. The van der Waals surface area contributed by atoms with Crippen LogP contribution < -0.4 is 11.1 Å². The predicted molar refractivity (Wildman–Crippen MR) is 91.0 cm³/mol. The lowest BCUT2D eigenvalue weighted by molar-refractivity contribution is 0.0934. The Bertz CT molecular complexity index is 700. The smallest absolute Gasteiger partial charge is 0.251 e. The van der Waals surface area contributed by atoms with Crippen LogP contribution in [0.1, 0.15) is 40.5 Å². The summed E-state index contributed by atoms with van der Waals surface area (Å²) in [5.74, 6) is -0.555. The fraction of sp³-hybridized carbons (Fsp3) is 0.263. The average Bonchev–Trinajstić information content (AvgIpc) is 3.41. The van der Waals surface area contributed by atoms with Crippen LogP contribution >= 0.6 is 0 Å². The molecule has 0 radical (unpaired) electrons.